The third-order valence-corrected chi connectivity index (χ3v) is 14.1. The van der Waals surface area contributed by atoms with Crippen molar-refractivity contribution in [1.82, 2.24) is 9.13 Å². The van der Waals surface area contributed by atoms with Crippen molar-refractivity contribution in [2.24, 2.45) is 0 Å². The van der Waals surface area contributed by atoms with Crippen molar-refractivity contribution in [3.8, 4) is 44.8 Å². The fraction of sp³-hybridized carbons (Fsp3) is 0.0526. The van der Waals surface area contributed by atoms with E-state index < -0.39 is 0 Å². The Balaban J connectivity index is 0.959. The molecule has 12 aromatic rings. The molecule has 13 rings (SSSR count). The number of benzene rings is 9. The average molecular weight is 788 g/mol. The van der Waals surface area contributed by atoms with E-state index in [-0.39, 0.29) is 41.2 Å². The highest BCUT2D eigenvalue weighted by molar-refractivity contribution is 7.25. The summed E-state index contributed by atoms with van der Waals surface area (Å²) in [5.74, 6) is 0. The first-order valence-electron chi connectivity index (χ1n) is 22.9. The van der Waals surface area contributed by atoms with Crippen LogP contribution in [0.1, 0.15) is 31.8 Å². The lowest BCUT2D eigenvalue weighted by Gasteiger charge is -2.22. The molecule has 0 saturated carbocycles. The molecule has 0 fully saturated rings. The second kappa shape index (κ2) is 12.4. The fourth-order valence-corrected chi connectivity index (χ4v) is 11.4. The molecule has 0 amide bonds. The van der Waals surface area contributed by atoms with Crippen LogP contribution in [-0.4, -0.2) is 9.13 Å². The van der Waals surface area contributed by atoms with E-state index in [0.717, 1.165) is 66.6 Å². The molecular formula is C57H38N2S. The third kappa shape index (κ3) is 4.70. The second-order valence-electron chi connectivity index (χ2n) is 16.5. The van der Waals surface area contributed by atoms with Gasteiger partial charge in [0.1, 0.15) is 0 Å². The Morgan fingerprint density at radius 3 is 1.70 bits per heavy atom. The van der Waals surface area contributed by atoms with Crippen molar-refractivity contribution in [1.29, 1.82) is 0 Å². The Hall–Kier alpha value is -7.20. The minimum absolute atomic E-state index is 0.195. The van der Waals surface area contributed by atoms with Crippen molar-refractivity contribution in [2.75, 3.05) is 0 Å². The van der Waals surface area contributed by atoms with Crippen LogP contribution in [0.3, 0.4) is 0 Å². The number of fused-ring (bicyclic) bond motifs is 12. The van der Waals surface area contributed by atoms with E-state index in [1.807, 2.05) is 23.5 Å². The standard InChI is InChI=1S/C57H38N2S/c1-57(2)48-28-26-38(33-47(48)56-40(18-12-19-49(56)57)35-13-4-3-5-14-35)58-50-20-9-6-15-41(50)45-31-36(23-29-52(45)58)37-24-30-53-46(32-37)42-16-7-10-21-51(42)59(53)39-25-27-44-43-17-8-11-22-54(43)60-55(44)34-39/h3-34H,1-2H3/i3D,4D,5D,13D,14D. The normalized spacial score (nSPS) is 14.5. The SMILES string of the molecule is [2H]c1c([2H])c([2H])c(-c2cccc3c2-c2cc(-n4c5ccccc5c5cc(-c6ccc7c(c6)c6ccccc6n7-c6ccc7c(c6)sc6ccccc67)ccc54)ccc2C3(C)C)c([2H])c1[2H]. The van der Waals surface area contributed by atoms with E-state index in [1.54, 1.807) is 0 Å². The molecule has 0 bridgehead atoms. The number of nitrogens with zero attached hydrogens (tertiary/aromatic N) is 2. The molecule has 0 aliphatic heterocycles. The van der Waals surface area contributed by atoms with Crippen LogP contribution in [0.5, 0.6) is 0 Å². The Labute approximate surface area is 358 Å². The van der Waals surface area contributed by atoms with Gasteiger partial charge >= 0.3 is 0 Å². The van der Waals surface area contributed by atoms with Crippen LogP contribution in [-0.2, 0) is 5.41 Å². The smallest absolute Gasteiger partial charge is 0.0629 e. The van der Waals surface area contributed by atoms with Crippen LogP contribution in [0.2, 0.25) is 0 Å². The zero-order chi connectivity index (χ0) is 44.0. The van der Waals surface area contributed by atoms with Gasteiger partial charge in [0.15, 0.2) is 0 Å². The van der Waals surface area contributed by atoms with Crippen LogP contribution in [0.15, 0.2) is 194 Å². The van der Waals surface area contributed by atoms with E-state index in [0.29, 0.717) is 5.56 Å². The number of thiophene rings is 1. The monoisotopic (exact) mass is 787 g/mol. The molecule has 1 aliphatic carbocycles. The van der Waals surface area contributed by atoms with E-state index >= 15 is 0 Å². The maximum atomic E-state index is 8.91. The van der Waals surface area contributed by atoms with Gasteiger partial charge in [-0.3, -0.25) is 0 Å². The Kier molecular flexibility index (Phi) is 6.01. The lowest BCUT2D eigenvalue weighted by molar-refractivity contribution is 0.660. The summed E-state index contributed by atoms with van der Waals surface area (Å²) >= 11 is 1.85. The van der Waals surface area contributed by atoms with Crippen LogP contribution >= 0.6 is 11.3 Å². The number of hydrogen-bond donors (Lipinski definition) is 0. The molecule has 9 aromatic carbocycles. The zero-order valence-corrected chi connectivity index (χ0v) is 33.7. The number of hydrogen-bond acceptors (Lipinski definition) is 1. The van der Waals surface area contributed by atoms with Gasteiger partial charge in [-0.05, 0) is 111 Å². The predicted octanol–water partition coefficient (Wildman–Crippen LogP) is 15.9. The van der Waals surface area contributed by atoms with Crippen LogP contribution in [0, 0.1) is 0 Å². The van der Waals surface area contributed by atoms with Crippen LogP contribution in [0.4, 0.5) is 0 Å². The molecular weight excluding hydrogens is 745 g/mol. The molecule has 0 spiro atoms. The summed E-state index contributed by atoms with van der Waals surface area (Å²) in [6.07, 6.45) is 0. The van der Waals surface area contributed by atoms with Crippen molar-refractivity contribution < 1.29 is 6.85 Å². The van der Waals surface area contributed by atoms with Gasteiger partial charge in [-0.15, -0.1) is 11.3 Å². The molecule has 282 valence electrons. The van der Waals surface area contributed by atoms with Crippen molar-refractivity contribution in [2.45, 2.75) is 19.3 Å². The Morgan fingerprint density at radius 2 is 1.00 bits per heavy atom. The lowest BCUT2D eigenvalue weighted by atomic mass is 9.82. The minimum Gasteiger partial charge on any atom is -0.309 e. The quantitative estimate of drug-likeness (QED) is 0.168. The first-order valence-corrected chi connectivity index (χ1v) is 21.2. The topological polar surface area (TPSA) is 9.86 Å². The summed E-state index contributed by atoms with van der Waals surface area (Å²) in [5.41, 5.74) is 13.6. The number of para-hydroxylation sites is 2. The van der Waals surface area contributed by atoms with Gasteiger partial charge < -0.3 is 9.13 Å². The molecule has 0 N–H and O–H groups in total. The first kappa shape index (κ1) is 29.1. The predicted molar refractivity (Wildman–Crippen MR) is 256 cm³/mol. The summed E-state index contributed by atoms with van der Waals surface area (Å²) in [7, 11) is 0. The third-order valence-electron chi connectivity index (χ3n) is 13.0. The van der Waals surface area contributed by atoms with Gasteiger partial charge in [-0.1, -0.05) is 141 Å². The van der Waals surface area contributed by atoms with Gasteiger partial charge in [0.05, 0.1) is 28.9 Å². The van der Waals surface area contributed by atoms with Gasteiger partial charge in [-0.25, -0.2) is 0 Å². The summed E-state index contributed by atoms with van der Waals surface area (Å²) in [6, 6.07) is 57.6. The van der Waals surface area contributed by atoms with Crippen molar-refractivity contribution >= 4 is 75.1 Å². The first-order chi connectivity index (χ1) is 31.6. The van der Waals surface area contributed by atoms with Crippen LogP contribution < -0.4 is 0 Å². The van der Waals surface area contributed by atoms with E-state index in [4.69, 9.17) is 6.85 Å². The average Bonchev–Trinajstić information content (AvgIpc) is 4.04. The highest BCUT2D eigenvalue weighted by Gasteiger charge is 2.37. The van der Waals surface area contributed by atoms with Crippen molar-refractivity contribution in [3.63, 3.8) is 0 Å². The Morgan fingerprint density at radius 1 is 0.417 bits per heavy atom. The van der Waals surface area contributed by atoms with Gasteiger partial charge in [0.25, 0.3) is 0 Å². The van der Waals surface area contributed by atoms with E-state index in [9.17, 15) is 0 Å². The zero-order valence-electron chi connectivity index (χ0n) is 37.9. The van der Waals surface area contributed by atoms with Gasteiger partial charge in [0, 0.05) is 58.5 Å². The summed E-state index contributed by atoms with van der Waals surface area (Å²) in [4.78, 5) is 0. The highest BCUT2D eigenvalue weighted by atomic mass is 32.1. The van der Waals surface area contributed by atoms with Crippen LogP contribution in [0.25, 0.3) is 109 Å². The molecule has 3 heteroatoms. The van der Waals surface area contributed by atoms with Crippen molar-refractivity contribution in [3.05, 3.63) is 205 Å². The number of rotatable bonds is 4. The highest BCUT2D eigenvalue weighted by Crippen LogP contribution is 2.53. The maximum Gasteiger partial charge on any atom is 0.0629 e. The summed E-state index contributed by atoms with van der Waals surface area (Å²) in [6.45, 7) is 4.40. The second-order valence-corrected chi connectivity index (χ2v) is 17.6. The molecule has 0 radical (unpaired) electrons. The van der Waals surface area contributed by atoms with Gasteiger partial charge in [0.2, 0.25) is 0 Å². The van der Waals surface area contributed by atoms with Gasteiger partial charge in [-0.2, -0.15) is 0 Å². The largest absolute Gasteiger partial charge is 0.309 e. The molecule has 2 nitrogen and oxygen atoms in total. The summed E-state index contributed by atoms with van der Waals surface area (Å²) < 4.78 is 50.4. The van der Waals surface area contributed by atoms with E-state index in [2.05, 4.69) is 175 Å². The maximum absolute atomic E-state index is 8.91. The lowest BCUT2D eigenvalue weighted by Crippen LogP contribution is -2.15. The number of aromatic nitrogens is 2. The Bertz CT molecular complexity index is 4030. The van der Waals surface area contributed by atoms with E-state index in [1.165, 1.54) is 42.0 Å². The minimum atomic E-state index is -0.390. The molecule has 0 saturated heterocycles. The molecule has 3 heterocycles. The molecule has 60 heavy (non-hydrogen) atoms. The molecule has 0 atom stereocenters. The molecule has 3 aromatic heterocycles. The molecule has 1 aliphatic rings. The molecule has 0 unspecified atom stereocenters. The summed E-state index contributed by atoms with van der Waals surface area (Å²) in [5, 5.41) is 7.33. The fourth-order valence-electron chi connectivity index (χ4n) is 10.2.